The Morgan fingerprint density at radius 3 is 2.81 bits per heavy atom. The fraction of sp³-hybridized carbons (Fsp3) is 0.917. The molecule has 2 unspecified atom stereocenters. The largest absolute Gasteiger partial charge is 0.340 e. The van der Waals surface area contributed by atoms with E-state index in [0.29, 0.717) is 11.9 Å². The van der Waals surface area contributed by atoms with Crippen molar-refractivity contribution in [1.82, 2.24) is 15.1 Å². The molecule has 2 fully saturated rings. The van der Waals surface area contributed by atoms with Crippen LogP contribution in [0.25, 0.3) is 0 Å². The van der Waals surface area contributed by atoms with Crippen LogP contribution in [0.15, 0.2) is 0 Å². The van der Waals surface area contributed by atoms with Gasteiger partial charge < -0.3 is 10.2 Å². The average molecular weight is 225 g/mol. The Balaban J connectivity index is 1.88. The van der Waals surface area contributed by atoms with Crippen molar-refractivity contribution in [2.24, 2.45) is 5.92 Å². The van der Waals surface area contributed by atoms with Crippen LogP contribution in [0.1, 0.15) is 20.3 Å². The first-order valence-corrected chi connectivity index (χ1v) is 6.46. The number of nitrogens with zero attached hydrogens (tertiary/aromatic N) is 2. The van der Waals surface area contributed by atoms with Gasteiger partial charge in [-0.2, -0.15) is 0 Å². The molecule has 0 saturated carbocycles. The van der Waals surface area contributed by atoms with Crippen molar-refractivity contribution in [3.63, 3.8) is 0 Å². The third kappa shape index (κ3) is 2.38. The number of likely N-dealkylation sites (N-methyl/N-ethyl adjacent to an activating group) is 1. The Morgan fingerprint density at radius 2 is 2.25 bits per heavy atom. The van der Waals surface area contributed by atoms with E-state index < -0.39 is 0 Å². The minimum Gasteiger partial charge on any atom is -0.340 e. The maximum atomic E-state index is 12.2. The lowest BCUT2D eigenvalue weighted by Crippen LogP contribution is -2.54. The molecular formula is C12H23N3O. The molecule has 0 spiro atoms. The third-order valence-electron chi connectivity index (χ3n) is 3.89. The molecule has 0 aromatic carbocycles. The lowest BCUT2D eigenvalue weighted by molar-refractivity contribution is -0.137. The fourth-order valence-corrected chi connectivity index (χ4v) is 2.79. The van der Waals surface area contributed by atoms with Crippen LogP contribution in [0, 0.1) is 5.92 Å². The van der Waals surface area contributed by atoms with E-state index in [0.717, 1.165) is 45.7 Å². The molecule has 2 aliphatic rings. The van der Waals surface area contributed by atoms with Gasteiger partial charge in [0.2, 0.25) is 5.91 Å². The van der Waals surface area contributed by atoms with Crippen molar-refractivity contribution in [2.45, 2.75) is 26.3 Å². The maximum absolute atomic E-state index is 12.2. The summed E-state index contributed by atoms with van der Waals surface area (Å²) in [5.74, 6) is 0.605. The Morgan fingerprint density at radius 1 is 1.44 bits per heavy atom. The maximum Gasteiger partial charge on any atom is 0.227 e. The van der Waals surface area contributed by atoms with E-state index in [9.17, 15) is 4.79 Å². The highest BCUT2D eigenvalue weighted by molar-refractivity contribution is 5.79. The van der Waals surface area contributed by atoms with Crippen LogP contribution in [0.4, 0.5) is 0 Å². The molecule has 2 rings (SSSR count). The predicted molar refractivity (Wildman–Crippen MR) is 64.3 cm³/mol. The minimum atomic E-state index is 0.236. The minimum absolute atomic E-state index is 0.236. The van der Waals surface area contributed by atoms with Gasteiger partial charge in [-0.25, -0.2) is 0 Å². The SMILES string of the molecule is CCN1CCN(C(=O)C2CCNC2)CC1C. The van der Waals surface area contributed by atoms with Crippen molar-refractivity contribution < 1.29 is 4.79 Å². The molecule has 0 bridgehead atoms. The topological polar surface area (TPSA) is 35.6 Å². The lowest BCUT2D eigenvalue weighted by atomic mass is 10.1. The first kappa shape index (κ1) is 11.9. The number of amides is 1. The fourth-order valence-electron chi connectivity index (χ4n) is 2.79. The van der Waals surface area contributed by atoms with Crippen molar-refractivity contribution in [3.05, 3.63) is 0 Å². The van der Waals surface area contributed by atoms with Crippen molar-refractivity contribution >= 4 is 5.91 Å². The summed E-state index contributed by atoms with van der Waals surface area (Å²) in [7, 11) is 0. The van der Waals surface area contributed by atoms with Gasteiger partial charge in [-0.15, -0.1) is 0 Å². The Labute approximate surface area is 98.0 Å². The first-order valence-electron chi connectivity index (χ1n) is 6.46. The number of carbonyl (C=O) groups is 1. The normalized spacial score (nSPS) is 32.0. The van der Waals surface area contributed by atoms with Gasteiger partial charge in [0, 0.05) is 32.2 Å². The van der Waals surface area contributed by atoms with Crippen molar-refractivity contribution in [1.29, 1.82) is 0 Å². The standard InChI is InChI=1S/C12H23N3O/c1-3-14-6-7-15(9-10(14)2)12(16)11-4-5-13-8-11/h10-11,13H,3-9H2,1-2H3. The molecule has 1 amide bonds. The highest BCUT2D eigenvalue weighted by Crippen LogP contribution is 2.16. The summed E-state index contributed by atoms with van der Waals surface area (Å²) in [5, 5.41) is 3.27. The van der Waals surface area contributed by atoms with Gasteiger partial charge in [-0.05, 0) is 26.4 Å². The molecule has 0 aromatic heterocycles. The van der Waals surface area contributed by atoms with Crippen molar-refractivity contribution in [2.75, 3.05) is 39.3 Å². The van der Waals surface area contributed by atoms with Crippen LogP contribution < -0.4 is 5.32 Å². The van der Waals surface area contributed by atoms with Gasteiger partial charge >= 0.3 is 0 Å². The number of hydrogen-bond acceptors (Lipinski definition) is 3. The summed E-state index contributed by atoms with van der Waals surface area (Å²) in [4.78, 5) is 16.7. The van der Waals surface area contributed by atoms with Crippen LogP contribution in [0.3, 0.4) is 0 Å². The summed E-state index contributed by atoms with van der Waals surface area (Å²) < 4.78 is 0. The second-order valence-corrected chi connectivity index (χ2v) is 4.95. The van der Waals surface area contributed by atoms with E-state index in [2.05, 4.69) is 29.0 Å². The average Bonchev–Trinajstić information content (AvgIpc) is 2.81. The summed E-state index contributed by atoms with van der Waals surface area (Å²) in [6, 6.07) is 0.511. The lowest BCUT2D eigenvalue weighted by Gasteiger charge is -2.40. The van der Waals surface area contributed by atoms with E-state index in [1.54, 1.807) is 0 Å². The molecule has 2 aliphatic heterocycles. The summed E-state index contributed by atoms with van der Waals surface area (Å²) in [5.41, 5.74) is 0. The molecule has 0 radical (unpaired) electrons. The van der Waals surface area contributed by atoms with Crippen LogP contribution in [-0.4, -0.2) is 61.0 Å². The second-order valence-electron chi connectivity index (χ2n) is 4.95. The number of nitrogens with one attached hydrogen (secondary N) is 1. The third-order valence-corrected chi connectivity index (χ3v) is 3.89. The van der Waals surface area contributed by atoms with Gasteiger partial charge in [0.15, 0.2) is 0 Å². The highest BCUT2D eigenvalue weighted by atomic mass is 16.2. The molecule has 0 aromatic rings. The highest BCUT2D eigenvalue weighted by Gasteiger charge is 2.31. The van der Waals surface area contributed by atoms with Crippen LogP contribution in [0.5, 0.6) is 0 Å². The van der Waals surface area contributed by atoms with Crippen LogP contribution in [0.2, 0.25) is 0 Å². The van der Waals surface area contributed by atoms with Gasteiger partial charge in [0.25, 0.3) is 0 Å². The summed E-state index contributed by atoms with van der Waals surface area (Å²) in [6.07, 6.45) is 1.02. The molecule has 2 atom stereocenters. The predicted octanol–water partition coefficient (Wildman–Crippen LogP) is 0.149. The number of carbonyl (C=O) groups excluding carboxylic acids is 1. The second kappa shape index (κ2) is 5.15. The Hall–Kier alpha value is -0.610. The van der Waals surface area contributed by atoms with E-state index in [1.165, 1.54) is 0 Å². The zero-order valence-electron chi connectivity index (χ0n) is 10.4. The van der Waals surface area contributed by atoms with Crippen LogP contribution in [-0.2, 0) is 4.79 Å². The van der Waals surface area contributed by atoms with E-state index in [-0.39, 0.29) is 5.92 Å². The summed E-state index contributed by atoms with van der Waals surface area (Å²) >= 11 is 0. The van der Waals surface area contributed by atoms with Gasteiger partial charge in [0.05, 0.1) is 5.92 Å². The van der Waals surface area contributed by atoms with E-state index in [4.69, 9.17) is 0 Å². The number of hydrogen-bond donors (Lipinski definition) is 1. The molecule has 4 heteroatoms. The molecule has 4 nitrogen and oxygen atoms in total. The monoisotopic (exact) mass is 225 g/mol. The number of piperazine rings is 1. The van der Waals surface area contributed by atoms with E-state index in [1.807, 2.05) is 0 Å². The quantitative estimate of drug-likeness (QED) is 0.726. The zero-order chi connectivity index (χ0) is 11.5. The number of rotatable bonds is 2. The molecule has 16 heavy (non-hydrogen) atoms. The summed E-state index contributed by atoms with van der Waals surface area (Å²) in [6.45, 7) is 10.2. The van der Waals surface area contributed by atoms with Crippen LogP contribution >= 0.6 is 0 Å². The zero-order valence-corrected chi connectivity index (χ0v) is 10.4. The van der Waals surface area contributed by atoms with Gasteiger partial charge in [0.1, 0.15) is 0 Å². The van der Waals surface area contributed by atoms with Gasteiger partial charge in [-0.1, -0.05) is 6.92 Å². The van der Waals surface area contributed by atoms with Gasteiger partial charge in [-0.3, -0.25) is 9.69 Å². The molecular weight excluding hydrogens is 202 g/mol. The molecule has 2 heterocycles. The van der Waals surface area contributed by atoms with E-state index >= 15 is 0 Å². The molecule has 2 saturated heterocycles. The Bertz CT molecular complexity index is 251. The Kier molecular flexibility index (Phi) is 3.82. The molecule has 0 aliphatic carbocycles. The smallest absolute Gasteiger partial charge is 0.227 e. The first-order chi connectivity index (χ1) is 7.72. The molecule has 1 N–H and O–H groups in total. The molecule has 92 valence electrons. The van der Waals surface area contributed by atoms with Crippen molar-refractivity contribution in [3.8, 4) is 0 Å².